The van der Waals surface area contributed by atoms with Gasteiger partial charge in [-0.2, -0.15) is 5.10 Å². The third-order valence-electron chi connectivity index (χ3n) is 3.77. The molecule has 2 aromatic rings. The first-order chi connectivity index (χ1) is 12.5. The van der Waals surface area contributed by atoms with E-state index >= 15 is 0 Å². The van der Waals surface area contributed by atoms with Crippen LogP contribution in [-0.2, 0) is 11.2 Å². The van der Waals surface area contributed by atoms with Gasteiger partial charge in [-0.15, -0.1) is 6.42 Å². The molecule has 0 saturated carbocycles. The Bertz CT molecular complexity index is 851. The fraction of sp³-hybridized carbons (Fsp3) is 0.238. The van der Waals surface area contributed by atoms with Crippen LogP contribution in [0.5, 0.6) is 11.5 Å². The van der Waals surface area contributed by atoms with Crippen LogP contribution in [0, 0.1) is 26.2 Å². The summed E-state index contributed by atoms with van der Waals surface area (Å²) < 4.78 is 10.7. The summed E-state index contributed by atoms with van der Waals surface area (Å²) in [6, 6.07) is 11.3. The number of amides is 1. The van der Waals surface area contributed by atoms with Crippen LogP contribution in [0.4, 0.5) is 0 Å². The Morgan fingerprint density at radius 1 is 1.27 bits per heavy atom. The number of carbonyl (C=O) groups excluding carboxylic acids is 1. The standard InChI is InChI=1S/C21H22N2O3/c1-5-10-26-20-9-8-19(25-4)12-18(20)14-22-23-21(24)13-17-7-6-15(2)11-16(17)3/h1,6-9,11-12,14H,10,13H2,2-4H3,(H,23,24)/b22-14-. The number of benzene rings is 2. The monoisotopic (exact) mass is 350 g/mol. The van der Waals surface area contributed by atoms with Crippen molar-refractivity contribution in [2.24, 2.45) is 5.10 Å². The topological polar surface area (TPSA) is 59.9 Å². The molecule has 5 nitrogen and oxygen atoms in total. The lowest BCUT2D eigenvalue weighted by molar-refractivity contribution is -0.120. The molecule has 26 heavy (non-hydrogen) atoms. The maximum absolute atomic E-state index is 12.1. The highest BCUT2D eigenvalue weighted by molar-refractivity contribution is 5.86. The molecule has 2 rings (SSSR count). The van der Waals surface area contributed by atoms with Crippen molar-refractivity contribution < 1.29 is 14.3 Å². The number of hydrazone groups is 1. The Morgan fingerprint density at radius 2 is 2.08 bits per heavy atom. The first-order valence-electron chi connectivity index (χ1n) is 8.16. The first-order valence-corrected chi connectivity index (χ1v) is 8.16. The number of aryl methyl sites for hydroxylation is 2. The van der Waals surface area contributed by atoms with Gasteiger partial charge in [0.2, 0.25) is 5.91 Å². The number of hydrogen-bond donors (Lipinski definition) is 1. The molecule has 0 radical (unpaired) electrons. The van der Waals surface area contributed by atoms with Gasteiger partial charge in [0.15, 0.2) is 0 Å². The highest BCUT2D eigenvalue weighted by atomic mass is 16.5. The SMILES string of the molecule is C#CCOc1ccc(OC)cc1/C=N\NC(=O)Cc1ccc(C)cc1C. The van der Waals surface area contributed by atoms with E-state index in [1.807, 2.05) is 26.0 Å². The molecule has 0 aliphatic carbocycles. The highest BCUT2D eigenvalue weighted by Crippen LogP contribution is 2.22. The van der Waals surface area contributed by atoms with Crippen LogP contribution in [0.25, 0.3) is 0 Å². The lowest BCUT2D eigenvalue weighted by Gasteiger charge is -2.08. The summed E-state index contributed by atoms with van der Waals surface area (Å²) in [6.07, 6.45) is 7.00. The summed E-state index contributed by atoms with van der Waals surface area (Å²) in [6.45, 7) is 4.16. The Labute approximate surface area is 154 Å². The van der Waals surface area contributed by atoms with Crippen molar-refractivity contribution in [2.45, 2.75) is 20.3 Å². The fourth-order valence-corrected chi connectivity index (χ4v) is 2.44. The summed E-state index contributed by atoms with van der Waals surface area (Å²) in [7, 11) is 1.57. The number of nitrogens with one attached hydrogen (secondary N) is 1. The van der Waals surface area contributed by atoms with Crippen molar-refractivity contribution in [3.63, 3.8) is 0 Å². The third-order valence-corrected chi connectivity index (χ3v) is 3.77. The normalized spacial score (nSPS) is 10.4. The van der Waals surface area contributed by atoms with Crippen molar-refractivity contribution in [2.75, 3.05) is 13.7 Å². The summed E-state index contributed by atoms with van der Waals surface area (Å²) in [5.41, 5.74) is 6.42. The summed E-state index contributed by atoms with van der Waals surface area (Å²) in [5.74, 6) is 3.44. The average Bonchev–Trinajstić information content (AvgIpc) is 2.63. The van der Waals surface area contributed by atoms with Crippen molar-refractivity contribution in [1.29, 1.82) is 0 Å². The molecular formula is C21H22N2O3. The lowest BCUT2D eigenvalue weighted by atomic mass is 10.0. The van der Waals surface area contributed by atoms with Gasteiger partial charge in [0.1, 0.15) is 18.1 Å². The second-order valence-electron chi connectivity index (χ2n) is 5.80. The lowest BCUT2D eigenvalue weighted by Crippen LogP contribution is -2.20. The summed E-state index contributed by atoms with van der Waals surface area (Å²) in [5, 5.41) is 4.02. The maximum Gasteiger partial charge on any atom is 0.244 e. The molecular weight excluding hydrogens is 328 g/mol. The zero-order chi connectivity index (χ0) is 18.9. The van der Waals surface area contributed by atoms with Gasteiger partial charge in [-0.05, 0) is 43.2 Å². The second kappa shape index (κ2) is 9.28. The largest absolute Gasteiger partial charge is 0.497 e. The highest BCUT2D eigenvalue weighted by Gasteiger charge is 2.06. The number of carbonyl (C=O) groups is 1. The van der Waals surface area contributed by atoms with Crippen molar-refractivity contribution >= 4 is 12.1 Å². The van der Waals surface area contributed by atoms with E-state index in [1.54, 1.807) is 25.3 Å². The second-order valence-corrected chi connectivity index (χ2v) is 5.80. The van der Waals surface area contributed by atoms with Crippen molar-refractivity contribution in [3.05, 3.63) is 58.7 Å². The van der Waals surface area contributed by atoms with E-state index in [9.17, 15) is 4.79 Å². The maximum atomic E-state index is 12.1. The van der Waals surface area contributed by atoms with Gasteiger partial charge in [-0.3, -0.25) is 4.79 Å². The van der Waals surface area contributed by atoms with E-state index in [-0.39, 0.29) is 18.9 Å². The Morgan fingerprint density at radius 3 is 2.77 bits per heavy atom. The third kappa shape index (κ3) is 5.38. The molecule has 0 aromatic heterocycles. The van der Waals surface area contributed by atoms with E-state index < -0.39 is 0 Å². The first kappa shape index (κ1) is 19.1. The molecule has 0 atom stereocenters. The minimum absolute atomic E-state index is 0.145. The van der Waals surface area contributed by atoms with Crippen LogP contribution in [0.1, 0.15) is 22.3 Å². The number of terminal acetylenes is 1. The van der Waals surface area contributed by atoms with Gasteiger partial charge in [-0.1, -0.05) is 29.7 Å². The molecule has 0 spiro atoms. The molecule has 5 heteroatoms. The molecule has 1 N–H and O–H groups in total. The molecule has 0 heterocycles. The van der Waals surface area contributed by atoms with E-state index in [2.05, 4.69) is 22.5 Å². The quantitative estimate of drug-likeness (QED) is 0.474. The molecule has 0 fully saturated rings. The van der Waals surface area contributed by atoms with Crippen LogP contribution in [-0.4, -0.2) is 25.8 Å². The summed E-state index contributed by atoms with van der Waals surface area (Å²) >= 11 is 0. The Hall–Kier alpha value is -3.26. The predicted octanol–water partition coefficient (Wildman–Crippen LogP) is 3.02. The zero-order valence-electron chi connectivity index (χ0n) is 15.2. The van der Waals surface area contributed by atoms with Crippen LogP contribution in [0.3, 0.4) is 0 Å². The molecule has 134 valence electrons. The van der Waals surface area contributed by atoms with Gasteiger partial charge in [-0.25, -0.2) is 5.43 Å². The molecule has 1 amide bonds. The van der Waals surface area contributed by atoms with E-state index in [4.69, 9.17) is 15.9 Å². The molecule has 0 aliphatic rings. The molecule has 0 aliphatic heterocycles. The number of hydrogen-bond acceptors (Lipinski definition) is 4. The van der Waals surface area contributed by atoms with Crippen molar-refractivity contribution in [3.8, 4) is 23.8 Å². The van der Waals surface area contributed by atoms with E-state index in [0.717, 1.165) is 11.1 Å². The van der Waals surface area contributed by atoms with E-state index in [1.165, 1.54) is 11.8 Å². The predicted molar refractivity (Wildman–Crippen MR) is 103 cm³/mol. The van der Waals surface area contributed by atoms with E-state index in [0.29, 0.717) is 17.1 Å². The molecule has 0 unspecified atom stereocenters. The van der Waals surface area contributed by atoms with Crippen LogP contribution in [0.2, 0.25) is 0 Å². The fourth-order valence-electron chi connectivity index (χ4n) is 2.44. The summed E-state index contributed by atoms with van der Waals surface area (Å²) in [4.78, 5) is 12.1. The van der Waals surface area contributed by atoms with Crippen molar-refractivity contribution in [1.82, 2.24) is 5.43 Å². The molecule has 2 aromatic carbocycles. The minimum atomic E-state index is -0.192. The smallest absolute Gasteiger partial charge is 0.244 e. The van der Waals surface area contributed by atoms with Crippen LogP contribution in [0.15, 0.2) is 41.5 Å². The number of ether oxygens (including phenoxy) is 2. The number of rotatable bonds is 7. The molecule has 0 saturated heterocycles. The van der Waals surface area contributed by atoms with Crippen LogP contribution < -0.4 is 14.9 Å². The molecule has 0 bridgehead atoms. The number of methoxy groups -OCH3 is 1. The average molecular weight is 350 g/mol. The Balaban J connectivity index is 2.04. The van der Waals surface area contributed by atoms with Gasteiger partial charge >= 0.3 is 0 Å². The van der Waals surface area contributed by atoms with Crippen LogP contribution >= 0.6 is 0 Å². The minimum Gasteiger partial charge on any atom is -0.497 e. The van der Waals surface area contributed by atoms with Gasteiger partial charge < -0.3 is 9.47 Å². The zero-order valence-corrected chi connectivity index (χ0v) is 15.2. The van der Waals surface area contributed by atoms with Gasteiger partial charge in [0, 0.05) is 5.56 Å². The Kier molecular flexibility index (Phi) is 6.81. The van der Waals surface area contributed by atoms with Gasteiger partial charge in [0.05, 0.1) is 19.7 Å². The van der Waals surface area contributed by atoms with Gasteiger partial charge in [0.25, 0.3) is 0 Å². The number of nitrogens with zero attached hydrogens (tertiary/aromatic N) is 1.